The Balaban J connectivity index is 2.67. The van der Waals surface area contributed by atoms with Gasteiger partial charge in [0.05, 0.1) is 12.8 Å². The van der Waals surface area contributed by atoms with Crippen LogP contribution < -0.4 is 10.2 Å². The first-order chi connectivity index (χ1) is 10.8. The van der Waals surface area contributed by atoms with Crippen molar-refractivity contribution in [2.24, 2.45) is 0 Å². The maximum absolute atomic E-state index is 12.3. The molecule has 0 aliphatic rings. The van der Waals surface area contributed by atoms with Gasteiger partial charge in [-0.1, -0.05) is 46.1 Å². The Morgan fingerprint density at radius 3 is 2.35 bits per heavy atom. The lowest BCUT2D eigenvalue weighted by atomic mass is 9.86. The summed E-state index contributed by atoms with van der Waals surface area (Å²) in [6, 6.07) is 7.62. The number of rotatable bonds is 4. The second-order valence-electron chi connectivity index (χ2n) is 6.45. The van der Waals surface area contributed by atoms with E-state index in [1.165, 1.54) is 5.56 Å². The van der Waals surface area contributed by atoms with Gasteiger partial charge in [-0.05, 0) is 29.2 Å². The molecule has 0 spiro atoms. The number of ether oxygens (including phenoxy) is 1. The molecular weight excluding hydrogens is 286 g/mol. The Kier molecular flexibility index (Phi) is 4.60. The molecule has 0 aliphatic carbocycles. The molecule has 0 saturated carbocycles. The molecule has 2 rings (SSSR count). The summed E-state index contributed by atoms with van der Waals surface area (Å²) in [5.41, 5.74) is 3.83. The molecule has 0 bridgehead atoms. The smallest absolute Gasteiger partial charge is 0.189 e. The van der Waals surface area contributed by atoms with E-state index in [4.69, 9.17) is 4.74 Å². The summed E-state index contributed by atoms with van der Waals surface area (Å²) < 4.78 is 5.54. The average molecular weight is 309 g/mol. The molecule has 1 aromatic carbocycles. The molecule has 1 heterocycles. The van der Waals surface area contributed by atoms with E-state index in [-0.39, 0.29) is 10.8 Å². The third-order valence-corrected chi connectivity index (χ3v) is 3.87. The molecule has 0 atom stereocenters. The van der Waals surface area contributed by atoms with Crippen LogP contribution in [0, 0.1) is 0 Å². The highest BCUT2D eigenvalue weighted by Gasteiger charge is 2.17. The Morgan fingerprint density at radius 1 is 1.13 bits per heavy atom. The number of aromatic nitrogens is 1. The van der Waals surface area contributed by atoms with Gasteiger partial charge < -0.3 is 9.72 Å². The Labute approximate surface area is 137 Å². The highest BCUT2D eigenvalue weighted by molar-refractivity contribution is 5.71. The fraction of sp³-hybridized carbons (Fsp3) is 0.250. The summed E-state index contributed by atoms with van der Waals surface area (Å²) in [7, 11) is 1.63. The minimum atomic E-state index is -0.0920. The summed E-state index contributed by atoms with van der Waals surface area (Å²) in [5.74, 6) is 0.731. The van der Waals surface area contributed by atoms with Gasteiger partial charge in [0.1, 0.15) is 5.75 Å². The van der Waals surface area contributed by atoms with Crippen molar-refractivity contribution in [3.63, 3.8) is 0 Å². The van der Waals surface area contributed by atoms with Crippen LogP contribution in [0.4, 0.5) is 0 Å². The van der Waals surface area contributed by atoms with Gasteiger partial charge in [0.15, 0.2) is 5.43 Å². The fourth-order valence-corrected chi connectivity index (χ4v) is 2.49. The minimum Gasteiger partial charge on any atom is -0.496 e. The Hall–Kier alpha value is -2.55. The van der Waals surface area contributed by atoms with E-state index in [1.807, 2.05) is 12.1 Å². The van der Waals surface area contributed by atoms with Crippen molar-refractivity contribution < 1.29 is 4.74 Å². The third-order valence-electron chi connectivity index (χ3n) is 3.87. The number of hydrogen-bond donors (Lipinski definition) is 1. The SMILES string of the molecule is C=Cc1[nH]c(-c2ccc(C(C)(C)C)cc2OC)cc(=O)c1C=C. The molecule has 3 heteroatoms. The van der Waals surface area contributed by atoms with Crippen molar-refractivity contribution in [2.75, 3.05) is 7.11 Å². The second kappa shape index (κ2) is 6.29. The van der Waals surface area contributed by atoms with Crippen molar-refractivity contribution in [3.05, 3.63) is 64.5 Å². The van der Waals surface area contributed by atoms with Crippen LogP contribution in [-0.2, 0) is 5.41 Å². The normalized spacial score (nSPS) is 11.1. The summed E-state index contributed by atoms with van der Waals surface area (Å²) >= 11 is 0. The van der Waals surface area contributed by atoms with E-state index in [0.29, 0.717) is 17.0 Å². The van der Waals surface area contributed by atoms with Gasteiger partial charge in [0.2, 0.25) is 0 Å². The Bertz CT molecular complexity index is 807. The number of hydrogen-bond acceptors (Lipinski definition) is 2. The molecule has 0 radical (unpaired) electrons. The zero-order valence-corrected chi connectivity index (χ0v) is 14.2. The van der Waals surface area contributed by atoms with Gasteiger partial charge in [-0.15, -0.1) is 0 Å². The summed E-state index contributed by atoms with van der Waals surface area (Å²) in [5, 5.41) is 0. The lowest BCUT2D eigenvalue weighted by Gasteiger charge is -2.21. The molecule has 1 aromatic heterocycles. The molecule has 2 aromatic rings. The van der Waals surface area contributed by atoms with Crippen LogP contribution in [-0.4, -0.2) is 12.1 Å². The topological polar surface area (TPSA) is 42.1 Å². The van der Waals surface area contributed by atoms with Crippen molar-refractivity contribution in [2.45, 2.75) is 26.2 Å². The molecule has 120 valence electrons. The molecule has 23 heavy (non-hydrogen) atoms. The lowest BCUT2D eigenvalue weighted by molar-refractivity contribution is 0.414. The van der Waals surface area contributed by atoms with Crippen LogP contribution in [0.1, 0.15) is 37.6 Å². The average Bonchev–Trinajstić information content (AvgIpc) is 2.52. The van der Waals surface area contributed by atoms with Crippen LogP contribution in [0.15, 0.2) is 42.2 Å². The van der Waals surface area contributed by atoms with Crippen LogP contribution >= 0.6 is 0 Å². The first kappa shape index (κ1) is 16.8. The van der Waals surface area contributed by atoms with Crippen molar-refractivity contribution in [1.29, 1.82) is 0 Å². The van der Waals surface area contributed by atoms with Gasteiger partial charge in [0, 0.05) is 22.9 Å². The van der Waals surface area contributed by atoms with E-state index in [1.54, 1.807) is 25.3 Å². The third kappa shape index (κ3) is 3.29. The number of nitrogens with one attached hydrogen (secondary N) is 1. The molecule has 0 saturated heterocycles. The fourth-order valence-electron chi connectivity index (χ4n) is 2.49. The summed E-state index contributed by atoms with van der Waals surface area (Å²) in [6.07, 6.45) is 3.16. The van der Waals surface area contributed by atoms with E-state index in [0.717, 1.165) is 11.3 Å². The highest BCUT2D eigenvalue weighted by Crippen LogP contribution is 2.33. The summed E-state index contributed by atoms with van der Waals surface area (Å²) in [6.45, 7) is 13.9. The van der Waals surface area contributed by atoms with Crippen LogP contribution in [0.2, 0.25) is 0 Å². The molecule has 0 aliphatic heterocycles. The predicted molar refractivity (Wildman–Crippen MR) is 97.9 cm³/mol. The number of H-pyrrole nitrogens is 1. The zero-order valence-electron chi connectivity index (χ0n) is 14.2. The molecule has 1 N–H and O–H groups in total. The summed E-state index contributed by atoms with van der Waals surface area (Å²) in [4.78, 5) is 15.5. The monoisotopic (exact) mass is 309 g/mol. The van der Waals surface area contributed by atoms with E-state index < -0.39 is 0 Å². The van der Waals surface area contributed by atoms with Crippen LogP contribution in [0.5, 0.6) is 5.75 Å². The number of methoxy groups -OCH3 is 1. The van der Waals surface area contributed by atoms with Gasteiger partial charge in [-0.3, -0.25) is 4.79 Å². The Morgan fingerprint density at radius 2 is 1.83 bits per heavy atom. The van der Waals surface area contributed by atoms with Gasteiger partial charge in [-0.25, -0.2) is 0 Å². The predicted octanol–water partition coefficient (Wildman–Crippen LogP) is 4.63. The maximum atomic E-state index is 12.3. The molecule has 3 nitrogen and oxygen atoms in total. The zero-order chi connectivity index (χ0) is 17.2. The standard InChI is InChI=1S/C20H23NO2/c1-7-14-16(8-2)21-17(12-18(14)22)15-10-9-13(20(3,4)5)11-19(15)23-6/h7-12H,1-2H2,3-6H3,(H,21,22). The molecule has 0 amide bonds. The van der Waals surface area contributed by atoms with Crippen LogP contribution in [0.25, 0.3) is 23.4 Å². The van der Waals surface area contributed by atoms with E-state index in [9.17, 15) is 4.79 Å². The first-order valence-electron chi connectivity index (χ1n) is 7.53. The molecule has 0 unspecified atom stereocenters. The number of benzene rings is 1. The quantitative estimate of drug-likeness (QED) is 0.894. The van der Waals surface area contributed by atoms with E-state index in [2.05, 4.69) is 45.0 Å². The molecular formula is C20H23NO2. The van der Waals surface area contributed by atoms with E-state index >= 15 is 0 Å². The van der Waals surface area contributed by atoms with Crippen molar-refractivity contribution >= 4 is 12.2 Å². The van der Waals surface area contributed by atoms with Gasteiger partial charge in [-0.2, -0.15) is 0 Å². The minimum absolute atomic E-state index is 0.0260. The largest absolute Gasteiger partial charge is 0.496 e. The molecule has 0 fully saturated rings. The first-order valence-corrected chi connectivity index (χ1v) is 7.53. The van der Waals surface area contributed by atoms with Gasteiger partial charge in [0.25, 0.3) is 0 Å². The van der Waals surface area contributed by atoms with Crippen molar-refractivity contribution in [1.82, 2.24) is 4.98 Å². The second-order valence-corrected chi connectivity index (χ2v) is 6.45. The van der Waals surface area contributed by atoms with Crippen molar-refractivity contribution in [3.8, 4) is 17.0 Å². The highest BCUT2D eigenvalue weighted by atomic mass is 16.5. The number of pyridine rings is 1. The number of aromatic amines is 1. The maximum Gasteiger partial charge on any atom is 0.189 e. The van der Waals surface area contributed by atoms with Gasteiger partial charge >= 0.3 is 0 Å². The lowest BCUT2D eigenvalue weighted by Crippen LogP contribution is -2.12. The van der Waals surface area contributed by atoms with Crippen LogP contribution in [0.3, 0.4) is 0 Å².